The lowest BCUT2D eigenvalue weighted by Crippen LogP contribution is -1.85. The summed E-state index contributed by atoms with van der Waals surface area (Å²) in [6, 6.07) is 3.97. The van der Waals surface area contributed by atoms with E-state index in [1.54, 1.807) is 0 Å². The molecule has 0 bridgehead atoms. The molecule has 1 heterocycles. The highest BCUT2D eigenvalue weighted by molar-refractivity contribution is 7.50. The smallest absolute Gasteiger partial charge is 0.231 e. The van der Waals surface area contributed by atoms with Gasteiger partial charge in [-0.05, 0) is 12.1 Å². The van der Waals surface area contributed by atoms with Crippen LogP contribution in [0.1, 0.15) is 23.0 Å². The van der Waals surface area contributed by atoms with Crippen LogP contribution >= 0.6 is 10.5 Å². The fourth-order valence-corrected chi connectivity index (χ4v) is 2.34. The first-order valence-corrected chi connectivity index (χ1v) is 4.65. The van der Waals surface area contributed by atoms with Crippen LogP contribution in [0.15, 0.2) is 17.5 Å². The Kier molecular flexibility index (Phi) is 2.22. The summed E-state index contributed by atoms with van der Waals surface area (Å²) in [5, 5.41) is 2.34. The Morgan fingerprint density at radius 3 is 2.80 bits per heavy atom. The lowest BCUT2D eigenvalue weighted by atomic mass is 10.5. The maximum atomic E-state index is 11.1. The third-order valence-corrected chi connectivity index (χ3v) is 3.46. The molecule has 1 atom stereocenters. The van der Waals surface area contributed by atoms with Gasteiger partial charge in [-0.3, -0.25) is 0 Å². The van der Waals surface area contributed by atoms with Gasteiger partial charge in [0.1, 0.15) is 5.38 Å². The van der Waals surface area contributed by atoms with Crippen molar-refractivity contribution in [3.63, 3.8) is 0 Å². The number of hydrogen-bond acceptors (Lipinski definition) is 1. The Bertz CT molecular complexity index is 237. The quantitative estimate of drug-likeness (QED) is 0.600. The van der Waals surface area contributed by atoms with Crippen molar-refractivity contribution in [2.24, 2.45) is 0 Å². The number of carbonyl (C=O) groups excluding carboxylic acids is 1. The topological polar surface area (TPSA) is 17.1 Å². The summed E-state index contributed by atoms with van der Waals surface area (Å²) in [4.78, 5) is 12.3. The molecule has 0 radical (unpaired) electrons. The largest absolute Gasteiger partial charge is 0.355 e. The lowest BCUT2D eigenvalue weighted by Gasteiger charge is -1.82. The lowest BCUT2D eigenvalue weighted by molar-refractivity contribution is 0.104. The predicted octanol–water partition coefficient (Wildman–Crippen LogP) is 2.79. The van der Waals surface area contributed by atoms with Gasteiger partial charge < -0.3 is 0 Å². The van der Waals surface area contributed by atoms with Gasteiger partial charge in [-0.1, -0.05) is 6.92 Å². The van der Waals surface area contributed by atoms with Crippen LogP contribution in [0.25, 0.3) is 0 Å². The number of thiophene rings is 1. The summed E-state index contributed by atoms with van der Waals surface area (Å²) in [5.41, 5.74) is 0. The normalized spacial score (nSPS) is 11.6. The summed E-state index contributed by atoms with van der Waals surface area (Å²) in [7, 11) is -0.175. The van der Waals surface area contributed by atoms with Crippen molar-refractivity contribution in [1.82, 2.24) is 0 Å². The minimum Gasteiger partial charge on any atom is -0.231 e. The Morgan fingerprint density at radius 2 is 2.40 bits per heavy atom. The summed E-state index contributed by atoms with van der Waals surface area (Å²) >= 11 is 0. The predicted molar refractivity (Wildman–Crippen MR) is 44.6 cm³/mol. The molecule has 1 nitrogen and oxygen atoms in total. The maximum Gasteiger partial charge on any atom is 0.355 e. The van der Waals surface area contributed by atoms with E-state index in [2.05, 4.69) is 0 Å². The van der Waals surface area contributed by atoms with Crippen molar-refractivity contribution in [3.05, 3.63) is 22.4 Å². The Balaban J connectivity index is 2.93. The molecule has 0 N–H and O–H groups in total. The molecule has 1 unspecified atom stereocenters. The van der Waals surface area contributed by atoms with Crippen LogP contribution in [-0.4, -0.2) is 5.12 Å². The van der Waals surface area contributed by atoms with E-state index in [0.717, 1.165) is 0 Å². The van der Waals surface area contributed by atoms with Gasteiger partial charge in [-0.25, -0.2) is 4.79 Å². The highest BCUT2D eigenvalue weighted by atomic mass is 32.2. The number of carbonyl (C=O) groups is 1. The van der Waals surface area contributed by atoms with Crippen LogP contribution in [0.5, 0.6) is 0 Å². The van der Waals surface area contributed by atoms with E-state index >= 15 is 0 Å². The molecular weight excluding hydrogens is 144 g/mol. The molecule has 0 fully saturated rings. The molecule has 2 heteroatoms. The highest BCUT2D eigenvalue weighted by Gasteiger charge is 2.16. The second kappa shape index (κ2) is 2.97. The molecule has 1 aromatic heterocycles. The van der Waals surface area contributed by atoms with Crippen LogP contribution in [-0.2, 0) is 0 Å². The first-order chi connectivity index (χ1) is 4.75. The molecule has 0 spiro atoms. The van der Waals surface area contributed by atoms with Crippen molar-refractivity contribution < 1.29 is 4.79 Å². The SMILES string of the molecule is CCC(=O)[s+]1cccc1C. The van der Waals surface area contributed by atoms with Crippen molar-refractivity contribution >= 4 is 15.6 Å². The number of rotatable bonds is 2. The summed E-state index contributed by atoms with van der Waals surface area (Å²) in [6.45, 7) is 3.92. The minimum atomic E-state index is -0.175. The van der Waals surface area contributed by atoms with Crippen molar-refractivity contribution in [2.75, 3.05) is 0 Å². The fourth-order valence-electron chi connectivity index (χ4n) is 0.845. The zero-order valence-corrected chi connectivity index (χ0v) is 7.07. The third kappa shape index (κ3) is 1.27. The van der Waals surface area contributed by atoms with E-state index in [-0.39, 0.29) is 10.5 Å². The average Bonchev–Trinajstić information content (AvgIpc) is 2.34. The van der Waals surface area contributed by atoms with Gasteiger partial charge in [0.25, 0.3) is 0 Å². The standard InChI is InChI=1S/C8H11OS/c1-3-8(9)10-6-4-5-7(10)2/h4-6H,3H2,1-2H3/q+1. The second-order valence-electron chi connectivity index (χ2n) is 2.17. The van der Waals surface area contributed by atoms with E-state index in [9.17, 15) is 4.79 Å². The zero-order chi connectivity index (χ0) is 7.56. The van der Waals surface area contributed by atoms with E-state index in [4.69, 9.17) is 0 Å². The van der Waals surface area contributed by atoms with Gasteiger partial charge >= 0.3 is 5.12 Å². The first-order valence-electron chi connectivity index (χ1n) is 3.36. The van der Waals surface area contributed by atoms with Gasteiger partial charge in [0.15, 0.2) is 4.88 Å². The molecule has 0 aliphatic rings. The zero-order valence-electron chi connectivity index (χ0n) is 6.26. The van der Waals surface area contributed by atoms with E-state index < -0.39 is 0 Å². The van der Waals surface area contributed by atoms with Crippen molar-refractivity contribution in [1.29, 1.82) is 0 Å². The van der Waals surface area contributed by atoms with Gasteiger partial charge in [0.05, 0.1) is 16.9 Å². The maximum absolute atomic E-state index is 11.1. The summed E-state index contributed by atoms with van der Waals surface area (Å²) in [6.07, 6.45) is 0.651. The fraction of sp³-hybridized carbons (Fsp3) is 0.375. The van der Waals surface area contributed by atoms with Gasteiger partial charge in [-0.15, -0.1) is 0 Å². The summed E-state index contributed by atoms with van der Waals surface area (Å²) < 4.78 is 0. The van der Waals surface area contributed by atoms with Gasteiger partial charge in [-0.2, -0.15) is 0 Å². The van der Waals surface area contributed by atoms with Crippen LogP contribution in [0.2, 0.25) is 0 Å². The molecule has 0 amide bonds. The molecule has 54 valence electrons. The molecule has 0 aliphatic heterocycles. The minimum absolute atomic E-state index is 0.175. The molecule has 1 aromatic rings. The third-order valence-electron chi connectivity index (χ3n) is 1.43. The van der Waals surface area contributed by atoms with Crippen LogP contribution in [0.3, 0.4) is 0 Å². The second-order valence-corrected chi connectivity index (χ2v) is 4.22. The average molecular weight is 155 g/mol. The molecule has 0 aromatic carbocycles. The highest BCUT2D eigenvalue weighted by Crippen LogP contribution is 2.25. The summed E-state index contributed by atoms with van der Waals surface area (Å²) in [5.74, 6) is 0. The Hall–Kier alpha value is -0.630. The van der Waals surface area contributed by atoms with E-state index in [0.29, 0.717) is 11.5 Å². The Morgan fingerprint density at radius 1 is 1.70 bits per heavy atom. The Labute approximate surface area is 63.7 Å². The van der Waals surface area contributed by atoms with Crippen molar-refractivity contribution in [2.45, 2.75) is 20.3 Å². The van der Waals surface area contributed by atoms with Crippen LogP contribution in [0.4, 0.5) is 0 Å². The van der Waals surface area contributed by atoms with Crippen molar-refractivity contribution in [3.8, 4) is 0 Å². The molecular formula is C8H11OS+. The van der Waals surface area contributed by atoms with E-state index in [1.165, 1.54) is 4.88 Å². The van der Waals surface area contributed by atoms with Crippen LogP contribution < -0.4 is 0 Å². The first kappa shape index (κ1) is 7.48. The monoisotopic (exact) mass is 155 g/mol. The molecule has 0 saturated carbocycles. The number of hydrogen-bond donors (Lipinski definition) is 0. The van der Waals surface area contributed by atoms with Gasteiger partial charge in [0.2, 0.25) is 0 Å². The molecule has 0 aliphatic carbocycles. The molecule has 1 rings (SSSR count). The van der Waals surface area contributed by atoms with E-state index in [1.807, 2.05) is 31.4 Å². The molecule has 10 heavy (non-hydrogen) atoms. The van der Waals surface area contributed by atoms with Crippen LogP contribution in [0, 0.1) is 6.92 Å². The molecule has 0 saturated heterocycles. The van der Waals surface area contributed by atoms with Gasteiger partial charge in [0, 0.05) is 6.92 Å². The number of aryl methyl sites for hydroxylation is 1.